The van der Waals surface area contributed by atoms with Crippen molar-refractivity contribution < 1.29 is 4.79 Å². The second-order valence-electron chi connectivity index (χ2n) is 6.63. The first-order valence-electron chi connectivity index (χ1n) is 8.67. The number of rotatable bonds is 6. The van der Waals surface area contributed by atoms with Gasteiger partial charge in [0.2, 0.25) is 0 Å². The number of aromatic amines is 1. The van der Waals surface area contributed by atoms with E-state index in [1.165, 1.54) is 25.9 Å². The summed E-state index contributed by atoms with van der Waals surface area (Å²) in [5.41, 5.74) is 1.39. The second kappa shape index (κ2) is 7.59. The summed E-state index contributed by atoms with van der Waals surface area (Å²) in [5.74, 6) is 0.741. The third kappa shape index (κ3) is 4.10. The summed E-state index contributed by atoms with van der Waals surface area (Å²) in [4.78, 5) is 14.8. The highest BCUT2D eigenvalue weighted by atomic mass is 16.1. The van der Waals surface area contributed by atoms with E-state index in [1.54, 1.807) is 0 Å². The number of carbonyl (C=O) groups is 1. The molecule has 2 heterocycles. The quantitative estimate of drug-likeness (QED) is 0.806. The molecule has 1 saturated heterocycles. The first-order chi connectivity index (χ1) is 11.2. The van der Waals surface area contributed by atoms with Gasteiger partial charge in [0, 0.05) is 18.5 Å². The Hall–Kier alpha value is -1.88. The van der Waals surface area contributed by atoms with Crippen LogP contribution in [0.15, 0.2) is 24.3 Å². The standard InChI is InChI=1S/C18H26N4O/c1-14-7-6-12-22(13-14)11-5-4-10-19-18(23)17-15-8-2-3-9-16(15)20-21-17/h2-3,8-9,14H,4-7,10-13H2,1H3,(H,19,23)(H,20,21)/t14-/m1/s1. The number of likely N-dealkylation sites (tertiary alicyclic amines) is 1. The molecule has 0 spiro atoms. The number of unbranched alkanes of at least 4 members (excludes halogenated alkanes) is 1. The lowest BCUT2D eigenvalue weighted by atomic mass is 10.0. The number of benzene rings is 1. The highest BCUT2D eigenvalue weighted by Crippen LogP contribution is 2.16. The zero-order valence-electron chi connectivity index (χ0n) is 13.8. The molecule has 2 aromatic rings. The topological polar surface area (TPSA) is 61.0 Å². The van der Waals surface area contributed by atoms with Crippen LogP contribution in [0.1, 0.15) is 43.1 Å². The minimum absolute atomic E-state index is 0.0888. The van der Waals surface area contributed by atoms with Gasteiger partial charge in [0.15, 0.2) is 5.69 Å². The Morgan fingerprint density at radius 2 is 2.26 bits per heavy atom. The summed E-state index contributed by atoms with van der Waals surface area (Å²) in [6.07, 6.45) is 4.83. The van der Waals surface area contributed by atoms with Gasteiger partial charge in [-0.05, 0) is 50.8 Å². The minimum atomic E-state index is -0.0888. The Kier molecular flexibility index (Phi) is 5.28. The van der Waals surface area contributed by atoms with Gasteiger partial charge in [-0.25, -0.2) is 0 Å². The zero-order valence-corrected chi connectivity index (χ0v) is 13.8. The Balaban J connectivity index is 1.39. The van der Waals surface area contributed by atoms with Crippen molar-refractivity contribution in [2.45, 2.75) is 32.6 Å². The second-order valence-corrected chi connectivity index (χ2v) is 6.63. The highest BCUT2D eigenvalue weighted by molar-refractivity contribution is 6.04. The largest absolute Gasteiger partial charge is 0.351 e. The van der Waals surface area contributed by atoms with Crippen LogP contribution in [0, 0.1) is 5.92 Å². The molecule has 1 aliphatic heterocycles. The summed E-state index contributed by atoms with van der Waals surface area (Å²) in [6.45, 7) is 6.65. The molecule has 0 unspecified atom stereocenters. The Labute approximate surface area is 137 Å². The smallest absolute Gasteiger partial charge is 0.272 e. The van der Waals surface area contributed by atoms with Crippen LogP contribution in [-0.4, -0.2) is 47.2 Å². The maximum Gasteiger partial charge on any atom is 0.272 e. The van der Waals surface area contributed by atoms with Crippen molar-refractivity contribution >= 4 is 16.8 Å². The number of aromatic nitrogens is 2. The van der Waals surface area contributed by atoms with Crippen molar-refractivity contribution in [1.82, 2.24) is 20.4 Å². The van der Waals surface area contributed by atoms with Crippen LogP contribution in [0.4, 0.5) is 0 Å². The molecule has 2 N–H and O–H groups in total. The van der Waals surface area contributed by atoms with Gasteiger partial charge in [0.25, 0.3) is 5.91 Å². The van der Waals surface area contributed by atoms with Gasteiger partial charge < -0.3 is 10.2 Å². The van der Waals surface area contributed by atoms with Gasteiger partial charge in [0.1, 0.15) is 0 Å². The molecule has 0 bridgehead atoms. The third-order valence-corrected chi connectivity index (χ3v) is 4.61. The number of amides is 1. The molecule has 0 saturated carbocycles. The van der Waals surface area contributed by atoms with E-state index in [4.69, 9.17) is 0 Å². The van der Waals surface area contributed by atoms with Gasteiger partial charge in [-0.15, -0.1) is 0 Å². The molecule has 1 aromatic heterocycles. The number of H-pyrrole nitrogens is 1. The van der Waals surface area contributed by atoms with Crippen molar-refractivity contribution in [2.75, 3.05) is 26.2 Å². The molecule has 5 nitrogen and oxygen atoms in total. The van der Waals surface area contributed by atoms with Crippen molar-refractivity contribution in [3.63, 3.8) is 0 Å². The first kappa shape index (κ1) is 16.0. The van der Waals surface area contributed by atoms with Crippen molar-refractivity contribution in [3.8, 4) is 0 Å². The SMILES string of the molecule is C[C@@H]1CCCN(CCCCNC(=O)c2n[nH]c3ccccc23)C1. The summed E-state index contributed by atoms with van der Waals surface area (Å²) >= 11 is 0. The molecular weight excluding hydrogens is 288 g/mol. The summed E-state index contributed by atoms with van der Waals surface area (Å²) in [6, 6.07) is 7.71. The van der Waals surface area contributed by atoms with E-state index in [9.17, 15) is 4.79 Å². The van der Waals surface area contributed by atoms with Gasteiger partial charge >= 0.3 is 0 Å². The number of fused-ring (bicyclic) bond motifs is 1. The number of hydrogen-bond donors (Lipinski definition) is 2. The molecule has 1 amide bonds. The Morgan fingerprint density at radius 1 is 1.39 bits per heavy atom. The molecular formula is C18H26N4O. The molecule has 124 valence electrons. The molecule has 0 radical (unpaired) electrons. The molecule has 23 heavy (non-hydrogen) atoms. The summed E-state index contributed by atoms with van der Waals surface area (Å²) < 4.78 is 0. The number of carbonyl (C=O) groups excluding carboxylic acids is 1. The van der Waals surface area contributed by atoms with Crippen LogP contribution >= 0.6 is 0 Å². The maximum atomic E-state index is 12.2. The van der Waals surface area contributed by atoms with Crippen LogP contribution < -0.4 is 5.32 Å². The predicted molar refractivity (Wildman–Crippen MR) is 92.5 cm³/mol. The third-order valence-electron chi connectivity index (χ3n) is 4.61. The summed E-state index contributed by atoms with van der Waals surface area (Å²) in [5, 5.41) is 10.9. The monoisotopic (exact) mass is 314 g/mol. The minimum Gasteiger partial charge on any atom is -0.351 e. The lowest BCUT2D eigenvalue weighted by molar-refractivity contribution is 0.0949. The van der Waals surface area contributed by atoms with E-state index in [0.717, 1.165) is 36.2 Å². The lowest BCUT2D eigenvalue weighted by Gasteiger charge is -2.30. The van der Waals surface area contributed by atoms with Crippen LogP contribution in [-0.2, 0) is 0 Å². The van der Waals surface area contributed by atoms with E-state index in [-0.39, 0.29) is 5.91 Å². The van der Waals surface area contributed by atoms with E-state index >= 15 is 0 Å². The molecule has 3 rings (SSSR count). The Morgan fingerprint density at radius 3 is 3.13 bits per heavy atom. The van der Waals surface area contributed by atoms with E-state index < -0.39 is 0 Å². The fraction of sp³-hybridized carbons (Fsp3) is 0.556. The fourth-order valence-corrected chi connectivity index (χ4v) is 3.37. The van der Waals surface area contributed by atoms with Gasteiger partial charge in [-0.1, -0.05) is 25.1 Å². The Bertz CT molecular complexity index is 651. The number of para-hydroxylation sites is 1. The van der Waals surface area contributed by atoms with Crippen LogP contribution in [0.25, 0.3) is 10.9 Å². The number of hydrogen-bond acceptors (Lipinski definition) is 3. The molecule has 0 aliphatic carbocycles. The number of nitrogens with one attached hydrogen (secondary N) is 2. The van der Waals surface area contributed by atoms with E-state index in [2.05, 4.69) is 27.3 Å². The van der Waals surface area contributed by atoms with E-state index in [1.807, 2.05) is 24.3 Å². The van der Waals surface area contributed by atoms with Gasteiger partial charge in [0.05, 0.1) is 5.52 Å². The summed E-state index contributed by atoms with van der Waals surface area (Å²) in [7, 11) is 0. The molecule has 1 aromatic carbocycles. The normalized spacial score (nSPS) is 19.1. The fourth-order valence-electron chi connectivity index (χ4n) is 3.37. The molecule has 5 heteroatoms. The average Bonchev–Trinajstić information content (AvgIpc) is 2.98. The van der Waals surface area contributed by atoms with Crippen molar-refractivity contribution in [1.29, 1.82) is 0 Å². The van der Waals surface area contributed by atoms with Crippen LogP contribution in [0.5, 0.6) is 0 Å². The maximum absolute atomic E-state index is 12.2. The van der Waals surface area contributed by atoms with E-state index in [0.29, 0.717) is 12.2 Å². The van der Waals surface area contributed by atoms with Crippen LogP contribution in [0.2, 0.25) is 0 Å². The predicted octanol–water partition coefficient (Wildman–Crippen LogP) is 2.80. The van der Waals surface area contributed by atoms with Crippen molar-refractivity contribution in [2.24, 2.45) is 5.92 Å². The average molecular weight is 314 g/mol. The van der Waals surface area contributed by atoms with Crippen molar-refractivity contribution in [3.05, 3.63) is 30.0 Å². The number of piperidine rings is 1. The highest BCUT2D eigenvalue weighted by Gasteiger charge is 2.16. The molecule has 1 fully saturated rings. The lowest BCUT2D eigenvalue weighted by Crippen LogP contribution is -2.35. The molecule has 1 atom stereocenters. The van der Waals surface area contributed by atoms with Crippen LogP contribution in [0.3, 0.4) is 0 Å². The number of nitrogens with zero attached hydrogens (tertiary/aromatic N) is 2. The first-order valence-corrected chi connectivity index (χ1v) is 8.67. The zero-order chi connectivity index (χ0) is 16.1. The van der Waals surface area contributed by atoms with Gasteiger partial charge in [-0.3, -0.25) is 9.89 Å². The van der Waals surface area contributed by atoms with Gasteiger partial charge in [-0.2, -0.15) is 5.10 Å². The molecule has 1 aliphatic rings.